The lowest BCUT2D eigenvalue weighted by Gasteiger charge is -2.14. The fraction of sp³-hybridized carbons (Fsp3) is 0.435. The number of ether oxygens (including phenoxy) is 1. The van der Waals surface area contributed by atoms with E-state index >= 15 is 0 Å². The van der Waals surface area contributed by atoms with Gasteiger partial charge in [0.15, 0.2) is 5.65 Å². The minimum Gasteiger partial charge on any atom is -0.508 e. The molecule has 0 aliphatic heterocycles. The third-order valence-electron chi connectivity index (χ3n) is 5.20. The standard InChI is InChI=1S/C23H29N3O5/c1-3-5-7-9-15-13-16(27)10-11-18(15)31-19-14-17(28)20-21(24-19)26(12-8-6-4-2)23(30)25-22(20)29/h10-11,13-14,27H,3-9,12H2,1-2H3,(H,24,28)(H,25,29,30). The Kier molecular flexibility index (Phi) is 7.33. The van der Waals surface area contributed by atoms with E-state index in [1.54, 1.807) is 12.1 Å². The molecule has 0 fully saturated rings. The lowest BCUT2D eigenvalue weighted by molar-refractivity contribution is 0.436. The van der Waals surface area contributed by atoms with Gasteiger partial charge < -0.3 is 14.9 Å². The molecule has 0 aliphatic carbocycles. The van der Waals surface area contributed by atoms with Crippen LogP contribution in [0.3, 0.4) is 0 Å². The first-order valence-corrected chi connectivity index (χ1v) is 10.8. The Morgan fingerprint density at radius 1 is 1.03 bits per heavy atom. The number of hydrogen-bond acceptors (Lipinski definition) is 6. The molecule has 2 aromatic heterocycles. The van der Waals surface area contributed by atoms with Crippen molar-refractivity contribution in [2.75, 3.05) is 0 Å². The molecule has 0 unspecified atom stereocenters. The van der Waals surface area contributed by atoms with Crippen LogP contribution in [0.1, 0.15) is 57.9 Å². The monoisotopic (exact) mass is 427 g/mol. The summed E-state index contributed by atoms with van der Waals surface area (Å²) in [6.07, 6.45) is 6.42. The van der Waals surface area contributed by atoms with E-state index in [0.717, 1.165) is 50.5 Å². The number of H-pyrrole nitrogens is 1. The molecule has 0 bridgehead atoms. The molecule has 0 atom stereocenters. The maximum Gasteiger partial charge on any atom is 0.330 e. The Hall–Kier alpha value is -3.29. The minimum absolute atomic E-state index is 0.0441. The predicted octanol–water partition coefficient (Wildman–Crippen LogP) is 4.21. The van der Waals surface area contributed by atoms with Gasteiger partial charge in [-0.05, 0) is 43.0 Å². The maximum atomic E-state index is 12.4. The number of aryl methyl sites for hydroxylation is 2. The minimum atomic E-state index is -0.687. The normalized spacial score (nSPS) is 11.2. The molecule has 8 nitrogen and oxygen atoms in total. The molecule has 3 N–H and O–H groups in total. The molecule has 0 radical (unpaired) electrons. The van der Waals surface area contributed by atoms with E-state index in [0.29, 0.717) is 12.3 Å². The number of phenolic OH excluding ortho intramolecular Hbond substituents is 1. The van der Waals surface area contributed by atoms with Gasteiger partial charge >= 0.3 is 5.69 Å². The van der Waals surface area contributed by atoms with Crippen LogP contribution in [0.15, 0.2) is 33.9 Å². The van der Waals surface area contributed by atoms with Crippen molar-refractivity contribution >= 4 is 11.0 Å². The van der Waals surface area contributed by atoms with Crippen molar-refractivity contribution in [2.24, 2.45) is 0 Å². The van der Waals surface area contributed by atoms with Crippen molar-refractivity contribution in [1.29, 1.82) is 0 Å². The first kappa shape index (κ1) is 22.4. The van der Waals surface area contributed by atoms with E-state index in [1.807, 2.05) is 0 Å². The molecule has 1 aromatic carbocycles. The highest BCUT2D eigenvalue weighted by Crippen LogP contribution is 2.32. The number of aromatic hydroxyl groups is 2. The fourth-order valence-electron chi connectivity index (χ4n) is 3.55. The van der Waals surface area contributed by atoms with Crippen molar-refractivity contribution in [3.8, 4) is 23.1 Å². The second-order valence-electron chi connectivity index (χ2n) is 7.65. The average molecular weight is 428 g/mol. The van der Waals surface area contributed by atoms with Gasteiger partial charge in [0.25, 0.3) is 5.56 Å². The van der Waals surface area contributed by atoms with Crippen LogP contribution in [-0.4, -0.2) is 24.7 Å². The molecule has 0 spiro atoms. The molecular weight excluding hydrogens is 398 g/mol. The number of unbranched alkanes of at least 4 members (excludes halogenated alkanes) is 4. The average Bonchev–Trinajstić information content (AvgIpc) is 2.72. The van der Waals surface area contributed by atoms with Gasteiger partial charge in [0.2, 0.25) is 5.88 Å². The molecule has 0 saturated heterocycles. The highest BCUT2D eigenvalue weighted by Gasteiger charge is 2.16. The highest BCUT2D eigenvalue weighted by atomic mass is 16.5. The SMILES string of the molecule is CCCCCc1cc(O)ccc1Oc1cc(O)c2c(=O)[nH]c(=O)n(CCCCC)c2n1. The number of fused-ring (bicyclic) bond motifs is 1. The van der Waals surface area contributed by atoms with E-state index in [4.69, 9.17) is 4.74 Å². The summed E-state index contributed by atoms with van der Waals surface area (Å²) in [5, 5.41) is 20.3. The van der Waals surface area contributed by atoms with Gasteiger partial charge in [-0.1, -0.05) is 39.5 Å². The van der Waals surface area contributed by atoms with E-state index < -0.39 is 11.2 Å². The second-order valence-corrected chi connectivity index (χ2v) is 7.65. The molecule has 31 heavy (non-hydrogen) atoms. The molecule has 3 aromatic rings. The summed E-state index contributed by atoms with van der Waals surface area (Å²) in [4.78, 5) is 31.3. The van der Waals surface area contributed by atoms with Gasteiger partial charge in [0.05, 0.1) is 0 Å². The van der Waals surface area contributed by atoms with E-state index in [2.05, 4.69) is 23.8 Å². The van der Waals surface area contributed by atoms with Crippen LogP contribution in [0.5, 0.6) is 23.1 Å². The summed E-state index contributed by atoms with van der Waals surface area (Å²) in [6, 6.07) is 6.08. The molecule has 8 heteroatoms. The Bertz CT molecular complexity index is 1170. The lowest BCUT2D eigenvalue weighted by Crippen LogP contribution is -2.31. The Morgan fingerprint density at radius 3 is 2.52 bits per heavy atom. The van der Waals surface area contributed by atoms with Crippen LogP contribution in [0.2, 0.25) is 0 Å². The summed E-state index contributed by atoms with van der Waals surface area (Å²) < 4.78 is 7.29. The van der Waals surface area contributed by atoms with Crippen molar-refractivity contribution in [2.45, 2.75) is 65.3 Å². The number of aromatic nitrogens is 3. The summed E-state index contributed by atoms with van der Waals surface area (Å²) in [5.74, 6) is 0.410. The zero-order valence-corrected chi connectivity index (χ0v) is 18.0. The molecule has 3 rings (SSSR count). The highest BCUT2D eigenvalue weighted by molar-refractivity contribution is 5.81. The topological polar surface area (TPSA) is 117 Å². The third kappa shape index (κ3) is 5.25. The zero-order chi connectivity index (χ0) is 22.4. The number of nitrogens with one attached hydrogen (secondary N) is 1. The smallest absolute Gasteiger partial charge is 0.330 e. The van der Waals surface area contributed by atoms with Gasteiger partial charge in [-0.15, -0.1) is 0 Å². The Labute approximate surface area is 180 Å². The van der Waals surface area contributed by atoms with Crippen molar-refractivity contribution in [1.82, 2.24) is 14.5 Å². The molecular formula is C23H29N3O5. The van der Waals surface area contributed by atoms with Crippen molar-refractivity contribution in [3.63, 3.8) is 0 Å². The number of phenols is 1. The van der Waals surface area contributed by atoms with Gasteiger partial charge in [0.1, 0.15) is 22.6 Å². The quantitative estimate of drug-likeness (QED) is 0.417. The first-order chi connectivity index (χ1) is 14.9. The number of pyridine rings is 1. The lowest BCUT2D eigenvalue weighted by atomic mass is 10.1. The van der Waals surface area contributed by atoms with Crippen LogP contribution in [0.25, 0.3) is 11.0 Å². The first-order valence-electron chi connectivity index (χ1n) is 10.8. The second kappa shape index (κ2) is 10.1. The fourth-order valence-corrected chi connectivity index (χ4v) is 3.55. The van der Waals surface area contributed by atoms with Crippen LogP contribution in [0.4, 0.5) is 0 Å². The summed E-state index contributed by atoms with van der Waals surface area (Å²) in [7, 11) is 0. The van der Waals surface area contributed by atoms with Crippen molar-refractivity contribution in [3.05, 3.63) is 50.7 Å². The molecule has 0 aliphatic rings. The molecule has 0 saturated carbocycles. The number of nitrogens with zero attached hydrogens (tertiary/aromatic N) is 2. The Morgan fingerprint density at radius 2 is 1.77 bits per heavy atom. The third-order valence-corrected chi connectivity index (χ3v) is 5.20. The van der Waals surface area contributed by atoms with E-state index in [1.165, 1.54) is 16.7 Å². The van der Waals surface area contributed by atoms with E-state index in [9.17, 15) is 19.8 Å². The summed E-state index contributed by atoms with van der Waals surface area (Å²) >= 11 is 0. The van der Waals surface area contributed by atoms with Gasteiger partial charge in [-0.3, -0.25) is 14.3 Å². The maximum absolute atomic E-state index is 12.4. The number of aromatic amines is 1. The predicted molar refractivity (Wildman–Crippen MR) is 119 cm³/mol. The van der Waals surface area contributed by atoms with Gasteiger partial charge in [0, 0.05) is 12.6 Å². The van der Waals surface area contributed by atoms with Crippen LogP contribution < -0.4 is 16.0 Å². The van der Waals surface area contributed by atoms with Gasteiger partial charge in [-0.25, -0.2) is 4.79 Å². The van der Waals surface area contributed by atoms with Crippen molar-refractivity contribution < 1.29 is 14.9 Å². The molecule has 166 valence electrons. The van der Waals surface area contributed by atoms with E-state index in [-0.39, 0.29) is 28.4 Å². The van der Waals surface area contributed by atoms with Crippen LogP contribution in [0, 0.1) is 0 Å². The number of benzene rings is 1. The Balaban J connectivity index is 2.03. The summed E-state index contributed by atoms with van der Waals surface area (Å²) in [6.45, 7) is 4.54. The largest absolute Gasteiger partial charge is 0.508 e. The summed E-state index contributed by atoms with van der Waals surface area (Å²) in [5.41, 5.74) is -0.344. The number of hydrogen-bond donors (Lipinski definition) is 3. The zero-order valence-electron chi connectivity index (χ0n) is 18.0. The molecule has 2 heterocycles. The van der Waals surface area contributed by atoms with Crippen LogP contribution >= 0.6 is 0 Å². The van der Waals surface area contributed by atoms with Crippen LogP contribution in [-0.2, 0) is 13.0 Å². The van der Waals surface area contributed by atoms with Gasteiger partial charge in [-0.2, -0.15) is 4.98 Å². The molecule has 0 amide bonds. The number of rotatable bonds is 10.